The van der Waals surface area contributed by atoms with Gasteiger partial charge < -0.3 is 15.6 Å². The number of alkyl halides is 3. The van der Waals surface area contributed by atoms with Crippen molar-refractivity contribution in [2.45, 2.75) is 6.30 Å². The van der Waals surface area contributed by atoms with Crippen LogP contribution in [0.1, 0.15) is 15.9 Å². The molecule has 0 radical (unpaired) electrons. The number of nitrogens with two attached hydrogens (primary N) is 1. The summed E-state index contributed by atoms with van der Waals surface area (Å²) in [4.78, 5) is 13.1. The molecule has 0 aromatic heterocycles. The minimum Gasteiger partial charge on any atom is -0.495 e. The molecule has 0 fully saturated rings. The third-order valence-corrected chi connectivity index (χ3v) is 1.99. The van der Waals surface area contributed by atoms with Crippen molar-refractivity contribution in [1.29, 1.82) is 0 Å². The maximum absolute atomic E-state index is 11.9. The van der Waals surface area contributed by atoms with Crippen LogP contribution in [-0.2, 0) is 0 Å². The molecule has 1 rings (SSSR count). The molecule has 3 N–H and O–H groups in total. The van der Waals surface area contributed by atoms with Crippen LogP contribution in [0.4, 0.5) is 18.9 Å². The first-order chi connectivity index (χ1) is 8.24. The van der Waals surface area contributed by atoms with Crippen LogP contribution in [0.5, 0.6) is 5.75 Å². The number of carboxylic acids is 1. The molecule has 5 nitrogen and oxygen atoms in total. The number of carboxylic acid groups (broad SMARTS) is 1. The monoisotopic (exact) mass is 262 g/mol. The highest BCUT2D eigenvalue weighted by molar-refractivity contribution is 5.96. The maximum Gasteiger partial charge on any atom is 0.503 e. The Morgan fingerprint density at radius 3 is 2.56 bits per heavy atom. The van der Waals surface area contributed by atoms with Gasteiger partial charge in [-0.25, -0.2) is 4.79 Å². The summed E-state index contributed by atoms with van der Waals surface area (Å²) in [5, 5.41) is 8.79. The average Bonchev–Trinajstić information content (AvgIpc) is 2.26. The van der Waals surface area contributed by atoms with Crippen LogP contribution in [0.15, 0.2) is 17.1 Å². The van der Waals surface area contributed by atoms with Crippen molar-refractivity contribution in [2.75, 3.05) is 12.8 Å². The number of rotatable bonds is 3. The first-order valence-electron chi connectivity index (χ1n) is 4.57. The van der Waals surface area contributed by atoms with Gasteiger partial charge in [-0.05, 0) is 12.1 Å². The summed E-state index contributed by atoms with van der Waals surface area (Å²) in [6.07, 6.45) is -4.30. The third kappa shape index (κ3) is 3.37. The number of aliphatic imine (C=N–C) groups is 1. The fourth-order valence-corrected chi connectivity index (χ4v) is 1.19. The molecule has 8 heteroatoms. The molecular weight excluding hydrogens is 253 g/mol. The van der Waals surface area contributed by atoms with Crippen molar-refractivity contribution >= 4 is 17.9 Å². The summed E-state index contributed by atoms with van der Waals surface area (Å²) < 4.78 is 40.6. The van der Waals surface area contributed by atoms with E-state index in [-0.39, 0.29) is 22.6 Å². The van der Waals surface area contributed by atoms with Crippen molar-refractivity contribution in [3.05, 3.63) is 23.3 Å². The number of methoxy groups -OCH3 is 1. The van der Waals surface area contributed by atoms with E-state index in [0.29, 0.717) is 6.21 Å². The van der Waals surface area contributed by atoms with Gasteiger partial charge in [-0.1, -0.05) is 0 Å². The smallest absolute Gasteiger partial charge is 0.495 e. The third-order valence-electron chi connectivity index (χ3n) is 1.99. The Hall–Kier alpha value is -2.25. The molecule has 0 heterocycles. The van der Waals surface area contributed by atoms with Crippen LogP contribution in [0, 0.1) is 0 Å². The first kappa shape index (κ1) is 13.8. The van der Waals surface area contributed by atoms with Gasteiger partial charge in [0.1, 0.15) is 5.75 Å². The zero-order chi connectivity index (χ0) is 13.9. The van der Waals surface area contributed by atoms with Crippen LogP contribution >= 0.6 is 0 Å². The minimum absolute atomic E-state index is 0.0291. The average molecular weight is 262 g/mol. The second kappa shape index (κ2) is 4.94. The maximum atomic E-state index is 11.9. The summed E-state index contributed by atoms with van der Waals surface area (Å²) in [6.45, 7) is 0. The van der Waals surface area contributed by atoms with Crippen molar-refractivity contribution in [2.24, 2.45) is 4.99 Å². The molecule has 0 saturated carbocycles. The van der Waals surface area contributed by atoms with Gasteiger partial charge in [-0.15, -0.1) is 13.2 Å². The summed E-state index contributed by atoms with van der Waals surface area (Å²) >= 11 is 0. The Balaban J connectivity index is 3.29. The fourth-order valence-electron chi connectivity index (χ4n) is 1.19. The highest BCUT2D eigenvalue weighted by Gasteiger charge is 2.25. The van der Waals surface area contributed by atoms with Crippen molar-refractivity contribution in [1.82, 2.24) is 0 Å². The van der Waals surface area contributed by atoms with Crippen LogP contribution in [0.2, 0.25) is 0 Å². The number of hydrogen-bond acceptors (Lipinski definition) is 4. The standard InChI is InChI=1S/C10H9F3N2O3/c1-18-7-3-5(9(16)17)2-6(8(7)14)4-15-10(11,12)13/h2-4H,14H2,1H3,(H,16,17)/b15-4+. The minimum atomic E-state index is -4.75. The van der Waals surface area contributed by atoms with Crippen LogP contribution < -0.4 is 10.5 Å². The van der Waals surface area contributed by atoms with Gasteiger partial charge in [-0.2, -0.15) is 4.99 Å². The Bertz CT molecular complexity index is 498. The van der Waals surface area contributed by atoms with E-state index in [1.807, 2.05) is 0 Å². The van der Waals surface area contributed by atoms with Crippen LogP contribution in [0.3, 0.4) is 0 Å². The number of carbonyl (C=O) groups is 1. The predicted octanol–water partition coefficient (Wildman–Crippen LogP) is 1.91. The summed E-state index contributed by atoms with van der Waals surface area (Å²) in [5.74, 6) is -1.34. The van der Waals surface area contributed by atoms with E-state index >= 15 is 0 Å². The number of nitrogens with zero attached hydrogens (tertiary/aromatic N) is 1. The second-order valence-electron chi connectivity index (χ2n) is 3.21. The number of ether oxygens (including phenoxy) is 1. The number of anilines is 1. The SMILES string of the molecule is COc1cc(C(=O)O)cc(/C=N/C(F)(F)F)c1N. The summed E-state index contributed by atoms with van der Waals surface area (Å²) in [6, 6.07) is 2.10. The second-order valence-corrected chi connectivity index (χ2v) is 3.21. The molecule has 0 atom stereocenters. The van der Waals surface area contributed by atoms with Crippen molar-refractivity contribution in [3.63, 3.8) is 0 Å². The number of benzene rings is 1. The predicted molar refractivity (Wildman–Crippen MR) is 58.0 cm³/mol. The van der Waals surface area contributed by atoms with Gasteiger partial charge in [0.2, 0.25) is 0 Å². The van der Waals surface area contributed by atoms with Crippen LogP contribution in [-0.4, -0.2) is 30.7 Å². The zero-order valence-electron chi connectivity index (χ0n) is 9.15. The summed E-state index contributed by atoms with van der Waals surface area (Å²) in [7, 11) is 1.22. The molecule has 0 amide bonds. The Labute approximate surface area is 99.7 Å². The number of nitrogen functional groups attached to an aromatic ring is 1. The van der Waals surface area contributed by atoms with E-state index < -0.39 is 12.3 Å². The topological polar surface area (TPSA) is 84.9 Å². The van der Waals surface area contributed by atoms with Gasteiger partial charge in [0.05, 0.1) is 18.4 Å². The molecule has 0 aliphatic carbocycles. The largest absolute Gasteiger partial charge is 0.503 e. The molecule has 1 aromatic carbocycles. The lowest BCUT2D eigenvalue weighted by Gasteiger charge is -2.09. The molecule has 18 heavy (non-hydrogen) atoms. The molecule has 0 aliphatic heterocycles. The zero-order valence-corrected chi connectivity index (χ0v) is 9.15. The molecule has 1 aromatic rings. The molecule has 0 bridgehead atoms. The van der Waals surface area contributed by atoms with E-state index in [9.17, 15) is 18.0 Å². The van der Waals surface area contributed by atoms with Crippen molar-refractivity contribution in [3.8, 4) is 5.75 Å². The molecule has 98 valence electrons. The fraction of sp³-hybridized carbons (Fsp3) is 0.200. The lowest BCUT2D eigenvalue weighted by Crippen LogP contribution is -2.06. The quantitative estimate of drug-likeness (QED) is 0.495. The lowest BCUT2D eigenvalue weighted by molar-refractivity contribution is -0.119. The van der Waals surface area contributed by atoms with E-state index in [1.54, 1.807) is 0 Å². The van der Waals surface area contributed by atoms with Gasteiger partial charge >= 0.3 is 12.3 Å². The van der Waals surface area contributed by atoms with E-state index in [4.69, 9.17) is 15.6 Å². The molecular formula is C10H9F3N2O3. The van der Waals surface area contributed by atoms with Crippen LogP contribution in [0.25, 0.3) is 0 Å². The molecule has 0 aliphatic rings. The Morgan fingerprint density at radius 1 is 1.50 bits per heavy atom. The Morgan fingerprint density at radius 2 is 2.11 bits per heavy atom. The van der Waals surface area contributed by atoms with Gasteiger partial charge in [0, 0.05) is 11.8 Å². The Kier molecular flexibility index (Phi) is 3.79. The molecule has 0 saturated heterocycles. The van der Waals surface area contributed by atoms with Gasteiger partial charge in [0.25, 0.3) is 0 Å². The normalized spacial score (nSPS) is 11.8. The van der Waals surface area contributed by atoms with E-state index in [2.05, 4.69) is 4.99 Å². The first-order valence-corrected chi connectivity index (χ1v) is 4.57. The number of hydrogen-bond donors (Lipinski definition) is 2. The van der Waals surface area contributed by atoms with Crippen molar-refractivity contribution < 1.29 is 27.8 Å². The molecule has 0 unspecified atom stereocenters. The summed E-state index contributed by atoms with van der Waals surface area (Å²) in [5.41, 5.74) is 4.98. The molecule has 0 spiro atoms. The van der Waals surface area contributed by atoms with Gasteiger partial charge in [0.15, 0.2) is 0 Å². The van der Waals surface area contributed by atoms with Gasteiger partial charge in [-0.3, -0.25) is 0 Å². The lowest BCUT2D eigenvalue weighted by atomic mass is 10.1. The number of halogens is 3. The highest BCUT2D eigenvalue weighted by atomic mass is 19.4. The highest BCUT2D eigenvalue weighted by Crippen LogP contribution is 2.27. The van der Waals surface area contributed by atoms with E-state index in [0.717, 1.165) is 12.1 Å². The number of aromatic carboxylic acids is 1. The van der Waals surface area contributed by atoms with E-state index in [1.165, 1.54) is 7.11 Å².